The first-order chi connectivity index (χ1) is 7.66. The molecule has 0 aromatic heterocycles. The van der Waals surface area contributed by atoms with Gasteiger partial charge in [0.2, 0.25) is 0 Å². The van der Waals surface area contributed by atoms with Gasteiger partial charge in [-0.2, -0.15) is 0 Å². The SMILES string of the molecule is C=C(C)c1cc(Br)cc(C2CCCNC2)c1. The molecule has 16 heavy (non-hydrogen) atoms. The number of piperidine rings is 1. The van der Waals surface area contributed by atoms with Crippen LogP contribution in [0.4, 0.5) is 0 Å². The fourth-order valence-electron chi connectivity index (χ4n) is 2.23. The lowest BCUT2D eigenvalue weighted by Gasteiger charge is -2.24. The second kappa shape index (κ2) is 5.15. The summed E-state index contributed by atoms with van der Waals surface area (Å²) in [5.41, 5.74) is 3.81. The number of rotatable bonds is 2. The average Bonchev–Trinajstić information content (AvgIpc) is 2.29. The standard InChI is InChI=1S/C14H18BrN/c1-10(2)12-6-13(8-14(15)7-12)11-4-3-5-16-9-11/h6-8,11,16H,1,3-5,9H2,2H3. The van der Waals surface area contributed by atoms with Crippen molar-refractivity contribution in [2.75, 3.05) is 13.1 Å². The second-order valence-corrected chi connectivity index (χ2v) is 5.51. The van der Waals surface area contributed by atoms with E-state index < -0.39 is 0 Å². The van der Waals surface area contributed by atoms with Gasteiger partial charge in [0.05, 0.1) is 0 Å². The van der Waals surface area contributed by atoms with Crippen LogP contribution in [0, 0.1) is 0 Å². The quantitative estimate of drug-likeness (QED) is 0.865. The average molecular weight is 280 g/mol. The van der Waals surface area contributed by atoms with Gasteiger partial charge >= 0.3 is 0 Å². The van der Waals surface area contributed by atoms with Crippen molar-refractivity contribution in [2.24, 2.45) is 0 Å². The summed E-state index contributed by atoms with van der Waals surface area (Å²) < 4.78 is 1.16. The van der Waals surface area contributed by atoms with E-state index in [-0.39, 0.29) is 0 Å². The molecule has 0 spiro atoms. The topological polar surface area (TPSA) is 12.0 Å². The van der Waals surface area contributed by atoms with Gasteiger partial charge in [0.1, 0.15) is 0 Å². The number of nitrogens with one attached hydrogen (secondary N) is 1. The molecule has 1 aromatic carbocycles. The molecule has 0 bridgehead atoms. The molecule has 0 saturated carbocycles. The van der Waals surface area contributed by atoms with Crippen LogP contribution in [0.2, 0.25) is 0 Å². The van der Waals surface area contributed by atoms with Gasteiger partial charge in [-0.25, -0.2) is 0 Å². The van der Waals surface area contributed by atoms with E-state index in [1.807, 2.05) is 0 Å². The number of hydrogen-bond donors (Lipinski definition) is 1. The molecule has 0 amide bonds. The smallest absolute Gasteiger partial charge is 0.0184 e. The first-order valence-corrected chi connectivity index (χ1v) is 6.63. The van der Waals surface area contributed by atoms with E-state index in [9.17, 15) is 0 Å². The molecule has 1 nitrogen and oxygen atoms in total. The fourth-order valence-corrected chi connectivity index (χ4v) is 2.74. The van der Waals surface area contributed by atoms with Crippen molar-refractivity contribution in [2.45, 2.75) is 25.7 Å². The summed E-state index contributed by atoms with van der Waals surface area (Å²) in [6.07, 6.45) is 2.57. The van der Waals surface area contributed by atoms with E-state index in [1.54, 1.807) is 0 Å². The number of benzene rings is 1. The van der Waals surface area contributed by atoms with Crippen LogP contribution in [0.5, 0.6) is 0 Å². The van der Waals surface area contributed by atoms with Crippen LogP contribution in [0.15, 0.2) is 29.3 Å². The van der Waals surface area contributed by atoms with Crippen LogP contribution < -0.4 is 5.32 Å². The third-order valence-electron chi connectivity index (χ3n) is 3.18. The number of hydrogen-bond acceptors (Lipinski definition) is 1. The largest absolute Gasteiger partial charge is 0.316 e. The van der Waals surface area contributed by atoms with Crippen LogP contribution in [-0.2, 0) is 0 Å². The van der Waals surface area contributed by atoms with Crippen LogP contribution in [0.3, 0.4) is 0 Å². The van der Waals surface area contributed by atoms with Gasteiger partial charge in [-0.05, 0) is 55.5 Å². The summed E-state index contributed by atoms with van der Waals surface area (Å²) in [7, 11) is 0. The Morgan fingerprint density at radius 3 is 2.88 bits per heavy atom. The van der Waals surface area contributed by atoms with E-state index in [0.29, 0.717) is 5.92 Å². The molecule has 1 saturated heterocycles. The maximum Gasteiger partial charge on any atom is 0.0184 e. The third kappa shape index (κ3) is 2.74. The normalized spacial score (nSPS) is 20.8. The summed E-state index contributed by atoms with van der Waals surface area (Å²) >= 11 is 3.59. The van der Waals surface area contributed by atoms with Crippen LogP contribution in [0.1, 0.15) is 36.8 Å². The third-order valence-corrected chi connectivity index (χ3v) is 3.64. The van der Waals surface area contributed by atoms with E-state index in [4.69, 9.17) is 0 Å². The van der Waals surface area contributed by atoms with E-state index in [1.165, 1.54) is 24.0 Å². The van der Waals surface area contributed by atoms with Gasteiger partial charge in [-0.3, -0.25) is 0 Å². The Hall–Kier alpha value is -0.600. The van der Waals surface area contributed by atoms with Crippen molar-refractivity contribution in [3.8, 4) is 0 Å². The lowest BCUT2D eigenvalue weighted by molar-refractivity contribution is 0.461. The zero-order valence-electron chi connectivity index (χ0n) is 9.72. The molecule has 1 heterocycles. The highest BCUT2D eigenvalue weighted by Crippen LogP contribution is 2.28. The van der Waals surface area contributed by atoms with E-state index in [2.05, 4.69) is 52.9 Å². The summed E-state index contributed by atoms with van der Waals surface area (Å²) in [4.78, 5) is 0. The number of allylic oxidation sites excluding steroid dienone is 1. The lowest BCUT2D eigenvalue weighted by atomic mass is 9.90. The molecule has 2 heteroatoms. The van der Waals surface area contributed by atoms with Crippen LogP contribution >= 0.6 is 15.9 Å². The zero-order valence-corrected chi connectivity index (χ0v) is 11.3. The Morgan fingerprint density at radius 2 is 2.25 bits per heavy atom. The molecule has 86 valence electrons. The molecule has 1 aliphatic heterocycles. The molecule has 1 aromatic rings. The first kappa shape index (κ1) is 11.9. The Balaban J connectivity index is 2.28. The molecule has 1 N–H and O–H groups in total. The predicted octanol–water partition coefficient (Wildman–Crippen LogP) is 3.95. The van der Waals surface area contributed by atoms with Crippen molar-refractivity contribution in [3.05, 3.63) is 40.4 Å². The highest BCUT2D eigenvalue weighted by molar-refractivity contribution is 9.10. The Labute approximate surface area is 106 Å². The maximum atomic E-state index is 4.02. The Kier molecular flexibility index (Phi) is 3.82. The first-order valence-electron chi connectivity index (χ1n) is 5.84. The molecule has 1 atom stereocenters. The number of halogens is 1. The van der Waals surface area contributed by atoms with Crippen molar-refractivity contribution < 1.29 is 0 Å². The van der Waals surface area contributed by atoms with Crippen molar-refractivity contribution in [1.29, 1.82) is 0 Å². The van der Waals surface area contributed by atoms with Gasteiger partial charge in [-0.1, -0.05) is 34.1 Å². The summed E-state index contributed by atoms with van der Waals surface area (Å²) in [6, 6.07) is 6.66. The molecule has 1 unspecified atom stereocenters. The molecule has 2 rings (SSSR count). The fraction of sp³-hybridized carbons (Fsp3) is 0.429. The van der Waals surface area contributed by atoms with Gasteiger partial charge in [0.25, 0.3) is 0 Å². The molecule has 0 aliphatic carbocycles. The maximum absolute atomic E-state index is 4.02. The minimum absolute atomic E-state index is 0.657. The van der Waals surface area contributed by atoms with Gasteiger partial charge in [0.15, 0.2) is 0 Å². The Bertz CT molecular complexity index is 392. The van der Waals surface area contributed by atoms with Crippen molar-refractivity contribution in [1.82, 2.24) is 5.32 Å². The summed E-state index contributed by atoms with van der Waals surface area (Å²) in [6.45, 7) is 8.34. The van der Waals surface area contributed by atoms with Gasteiger partial charge in [-0.15, -0.1) is 0 Å². The van der Waals surface area contributed by atoms with E-state index >= 15 is 0 Å². The zero-order chi connectivity index (χ0) is 11.5. The Morgan fingerprint density at radius 1 is 1.44 bits per heavy atom. The van der Waals surface area contributed by atoms with Crippen LogP contribution in [0.25, 0.3) is 5.57 Å². The lowest BCUT2D eigenvalue weighted by Crippen LogP contribution is -2.28. The highest BCUT2D eigenvalue weighted by Gasteiger charge is 2.16. The predicted molar refractivity (Wildman–Crippen MR) is 73.7 cm³/mol. The van der Waals surface area contributed by atoms with E-state index in [0.717, 1.165) is 23.1 Å². The van der Waals surface area contributed by atoms with Crippen LogP contribution in [-0.4, -0.2) is 13.1 Å². The monoisotopic (exact) mass is 279 g/mol. The van der Waals surface area contributed by atoms with Gasteiger partial charge in [0, 0.05) is 11.0 Å². The molecular formula is C14H18BrN. The highest BCUT2D eigenvalue weighted by atomic mass is 79.9. The van der Waals surface area contributed by atoms with Crippen molar-refractivity contribution >= 4 is 21.5 Å². The minimum Gasteiger partial charge on any atom is -0.316 e. The molecule has 1 fully saturated rings. The van der Waals surface area contributed by atoms with Crippen molar-refractivity contribution in [3.63, 3.8) is 0 Å². The second-order valence-electron chi connectivity index (χ2n) is 4.60. The summed E-state index contributed by atoms with van der Waals surface area (Å²) in [5.74, 6) is 0.657. The molecular weight excluding hydrogens is 262 g/mol. The molecule has 0 radical (unpaired) electrons. The van der Waals surface area contributed by atoms with Gasteiger partial charge < -0.3 is 5.32 Å². The molecule has 1 aliphatic rings. The minimum atomic E-state index is 0.657. The summed E-state index contributed by atoms with van der Waals surface area (Å²) in [5, 5.41) is 3.46.